The van der Waals surface area contributed by atoms with Crippen molar-refractivity contribution in [3.63, 3.8) is 0 Å². The first-order valence-corrected chi connectivity index (χ1v) is 12.8. The third-order valence-corrected chi connectivity index (χ3v) is 5.84. The summed E-state index contributed by atoms with van der Waals surface area (Å²) < 4.78 is 11.7. The van der Waals surface area contributed by atoms with Gasteiger partial charge in [-0.3, -0.25) is 0 Å². The molecular weight excluding hydrogens is 371 g/mol. The van der Waals surface area contributed by atoms with Gasteiger partial charge in [-0.1, -0.05) is 42.5 Å². The monoisotopic (exact) mass is 388 g/mol. The lowest BCUT2D eigenvalue weighted by Gasteiger charge is -2.16. The van der Waals surface area contributed by atoms with Gasteiger partial charge in [0.15, 0.2) is 11.5 Å². The highest BCUT2D eigenvalue weighted by atomic mass is 35.8. The van der Waals surface area contributed by atoms with Gasteiger partial charge in [-0.25, -0.2) is 0 Å². The lowest BCUT2D eigenvalue weighted by atomic mass is 10.0. The largest absolute Gasteiger partial charge is 0.490 e. The van der Waals surface area contributed by atoms with E-state index in [1.165, 1.54) is 0 Å². The number of para-hydroxylation sites is 1. The molecule has 0 unspecified atom stereocenters. The summed E-state index contributed by atoms with van der Waals surface area (Å²) in [5, 5.41) is 0. The van der Waals surface area contributed by atoms with Crippen molar-refractivity contribution in [3.8, 4) is 22.6 Å². The molecule has 2 aromatic carbocycles. The number of ether oxygens (including phenoxy) is 2. The molecule has 124 valence electrons. The SMILES string of the molecule is CCOc1cccc(-c2ccccc2)c1OCCC[Si](Cl)(Cl)Cl. The molecule has 0 aliphatic rings. The first-order chi connectivity index (χ1) is 11.0. The van der Waals surface area contributed by atoms with E-state index in [1.54, 1.807) is 0 Å². The van der Waals surface area contributed by atoms with E-state index in [0.717, 1.165) is 22.6 Å². The average molecular weight is 390 g/mol. The van der Waals surface area contributed by atoms with Gasteiger partial charge in [0.05, 0.1) is 13.2 Å². The van der Waals surface area contributed by atoms with Crippen LogP contribution in [0.2, 0.25) is 6.04 Å². The summed E-state index contributed by atoms with van der Waals surface area (Å²) in [6.45, 7) is 3.02. The van der Waals surface area contributed by atoms with Crippen LogP contribution in [0.5, 0.6) is 11.5 Å². The van der Waals surface area contributed by atoms with Crippen molar-refractivity contribution in [2.45, 2.75) is 19.4 Å². The van der Waals surface area contributed by atoms with Gasteiger partial charge in [0.2, 0.25) is 0 Å². The molecular formula is C17H19Cl3O2Si. The first-order valence-electron chi connectivity index (χ1n) is 7.52. The maximum atomic E-state index is 5.99. The quantitative estimate of drug-likeness (QED) is 0.305. The van der Waals surface area contributed by atoms with E-state index in [9.17, 15) is 0 Å². The minimum atomic E-state index is -2.60. The van der Waals surface area contributed by atoms with Crippen LogP contribution in [0.3, 0.4) is 0 Å². The second-order valence-electron chi connectivity index (χ2n) is 5.00. The van der Waals surface area contributed by atoms with Gasteiger partial charge in [0.1, 0.15) is 0 Å². The molecule has 6 heteroatoms. The number of hydrogen-bond donors (Lipinski definition) is 0. The summed E-state index contributed by atoms with van der Waals surface area (Å²) in [5.74, 6) is 1.48. The highest BCUT2D eigenvalue weighted by Crippen LogP contribution is 2.38. The van der Waals surface area contributed by atoms with E-state index in [2.05, 4.69) is 0 Å². The summed E-state index contributed by atoms with van der Waals surface area (Å²) in [6, 6.07) is 14.0. The third-order valence-electron chi connectivity index (χ3n) is 3.21. The molecule has 0 spiro atoms. The Morgan fingerprint density at radius 2 is 1.65 bits per heavy atom. The number of hydrogen-bond acceptors (Lipinski definition) is 2. The highest BCUT2D eigenvalue weighted by molar-refractivity contribution is 7.64. The Hall–Kier alpha value is -0.873. The zero-order valence-corrected chi connectivity index (χ0v) is 16.2. The fraction of sp³-hybridized carbons (Fsp3) is 0.294. The molecule has 0 atom stereocenters. The smallest absolute Gasteiger partial charge is 0.341 e. The Bertz CT molecular complexity index is 615. The Morgan fingerprint density at radius 3 is 2.30 bits per heavy atom. The molecule has 0 aliphatic carbocycles. The zero-order valence-electron chi connectivity index (χ0n) is 12.9. The van der Waals surface area contributed by atoms with E-state index in [1.807, 2.05) is 55.5 Å². The molecule has 0 heterocycles. The molecule has 0 amide bonds. The molecule has 2 aromatic rings. The van der Waals surface area contributed by atoms with Crippen molar-refractivity contribution >= 4 is 39.2 Å². The highest BCUT2D eigenvalue weighted by Gasteiger charge is 2.24. The summed E-state index contributed by atoms with van der Waals surface area (Å²) >= 11 is 17.7. The fourth-order valence-electron chi connectivity index (χ4n) is 2.23. The van der Waals surface area contributed by atoms with Crippen molar-refractivity contribution in [3.05, 3.63) is 48.5 Å². The van der Waals surface area contributed by atoms with Crippen LogP contribution >= 0.6 is 33.2 Å². The van der Waals surface area contributed by atoms with Crippen LogP contribution in [0.4, 0.5) is 0 Å². The van der Waals surface area contributed by atoms with Crippen molar-refractivity contribution < 1.29 is 9.47 Å². The number of rotatable bonds is 8. The fourth-order valence-corrected chi connectivity index (χ4v) is 3.97. The predicted molar refractivity (Wildman–Crippen MR) is 101 cm³/mol. The summed E-state index contributed by atoms with van der Waals surface area (Å²) in [5.41, 5.74) is 2.09. The van der Waals surface area contributed by atoms with E-state index in [-0.39, 0.29) is 0 Å². The Balaban J connectivity index is 2.20. The lowest BCUT2D eigenvalue weighted by Crippen LogP contribution is -2.11. The van der Waals surface area contributed by atoms with Crippen molar-refractivity contribution in [1.29, 1.82) is 0 Å². The molecule has 0 fully saturated rings. The predicted octanol–water partition coefficient (Wildman–Crippen LogP) is 6.18. The Labute approximate surface area is 152 Å². The summed E-state index contributed by atoms with van der Waals surface area (Å²) in [7, 11) is 0. The van der Waals surface area contributed by atoms with Gasteiger partial charge >= 0.3 is 6.00 Å². The van der Waals surface area contributed by atoms with Crippen LogP contribution in [0.15, 0.2) is 48.5 Å². The molecule has 23 heavy (non-hydrogen) atoms. The second-order valence-corrected chi connectivity index (χ2v) is 14.3. The molecule has 2 nitrogen and oxygen atoms in total. The van der Waals surface area contributed by atoms with E-state index in [4.69, 9.17) is 42.7 Å². The molecule has 0 saturated carbocycles. The maximum absolute atomic E-state index is 5.99. The molecule has 2 rings (SSSR count). The van der Waals surface area contributed by atoms with Crippen molar-refractivity contribution in [2.24, 2.45) is 0 Å². The molecule has 0 aliphatic heterocycles. The topological polar surface area (TPSA) is 18.5 Å². The van der Waals surface area contributed by atoms with Crippen LogP contribution in [0, 0.1) is 0 Å². The molecule has 0 bridgehead atoms. The average Bonchev–Trinajstić information content (AvgIpc) is 2.52. The lowest BCUT2D eigenvalue weighted by molar-refractivity contribution is 0.278. The van der Waals surface area contributed by atoms with Gasteiger partial charge in [-0.05, 0) is 31.0 Å². The zero-order chi connectivity index (χ0) is 16.7. The molecule has 0 N–H and O–H groups in total. The Kier molecular flexibility index (Phi) is 7.09. The second kappa shape index (κ2) is 8.83. The van der Waals surface area contributed by atoms with Crippen molar-refractivity contribution in [2.75, 3.05) is 13.2 Å². The number of benzene rings is 2. The normalized spacial score (nSPS) is 11.3. The van der Waals surface area contributed by atoms with Crippen LogP contribution in [0.25, 0.3) is 11.1 Å². The molecule has 0 radical (unpaired) electrons. The van der Waals surface area contributed by atoms with Gasteiger partial charge in [0, 0.05) is 5.56 Å². The van der Waals surface area contributed by atoms with Gasteiger partial charge < -0.3 is 9.47 Å². The summed E-state index contributed by atoms with van der Waals surface area (Å²) in [6.07, 6.45) is 0.706. The first kappa shape index (κ1) is 18.5. The van der Waals surface area contributed by atoms with Gasteiger partial charge in [0.25, 0.3) is 0 Å². The molecule has 0 aromatic heterocycles. The van der Waals surface area contributed by atoms with Crippen LogP contribution in [-0.4, -0.2) is 19.2 Å². The van der Waals surface area contributed by atoms with E-state index in [0.29, 0.717) is 25.7 Å². The molecule has 0 saturated heterocycles. The Morgan fingerprint density at radius 1 is 0.913 bits per heavy atom. The van der Waals surface area contributed by atoms with Crippen molar-refractivity contribution in [1.82, 2.24) is 0 Å². The number of halogens is 3. The van der Waals surface area contributed by atoms with Crippen LogP contribution in [-0.2, 0) is 0 Å². The maximum Gasteiger partial charge on any atom is 0.341 e. The minimum absolute atomic E-state index is 0.491. The minimum Gasteiger partial charge on any atom is -0.490 e. The van der Waals surface area contributed by atoms with Gasteiger partial charge in [-0.15, -0.1) is 33.2 Å². The van der Waals surface area contributed by atoms with E-state index < -0.39 is 6.00 Å². The van der Waals surface area contributed by atoms with Crippen LogP contribution in [0.1, 0.15) is 13.3 Å². The third kappa shape index (κ3) is 5.92. The standard InChI is InChI=1S/C17H19Cl3O2Si/c1-2-21-16-11-6-10-15(14-8-4-3-5-9-14)17(16)22-12-7-13-23(18,19)20/h3-6,8-11H,2,7,12-13H2,1H3. The summed E-state index contributed by atoms with van der Waals surface area (Å²) in [4.78, 5) is 0. The van der Waals surface area contributed by atoms with E-state index >= 15 is 0 Å². The van der Waals surface area contributed by atoms with Gasteiger partial charge in [-0.2, -0.15) is 0 Å². The van der Waals surface area contributed by atoms with Crippen LogP contribution < -0.4 is 9.47 Å².